The molecule has 7 heteroatoms. The first-order valence-corrected chi connectivity index (χ1v) is 8.71. The summed E-state index contributed by atoms with van der Waals surface area (Å²) in [7, 11) is 3.08. The lowest BCUT2D eigenvalue weighted by Crippen LogP contribution is -2.12. The molecule has 0 aliphatic carbocycles. The van der Waals surface area contributed by atoms with E-state index in [0.717, 1.165) is 17.1 Å². The highest BCUT2D eigenvalue weighted by Gasteiger charge is 2.11. The van der Waals surface area contributed by atoms with Crippen LogP contribution in [0.5, 0.6) is 11.5 Å². The van der Waals surface area contributed by atoms with Gasteiger partial charge in [0.05, 0.1) is 14.2 Å². The number of benzene rings is 2. The Balaban J connectivity index is 1.76. The first kappa shape index (κ1) is 19.2. The van der Waals surface area contributed by atoms with Crippen LogP contribution in [0.15, 0.2) is 48.5 Å². The molecule has 0 saturated heterocycles. The van der Waals surface area contributed by atoms with Crippen LogP contribution in [0.25, 0.3) is 0 Å². The van der Waals surface area contributed by atoms with E-state index in [1.54, 1.807) is 25.3 Å². The second-order valence-electron chi connectivity index (χ2n) is 6.20. The van der Waals surface area contributed by atoms with E-state index in [9.17, 15) is 4.79 Å². The molecule has 2 aromatic carbocycles. The fraction of sp³-hybridized carbons (Fsp3) is 0.190. The van der Waals surface area contributed by atoms with Gasteiger partial charge >= 0.3 is 0 Å². The van der Waals surface area contributed by atoms with E-state index >= 15 is 0 Å². The Morgan fingerprint density at radius 3 is 2.21 bits per heavy atom. The average molecular weight is 378 g/mol. The summed E-state index contributed by atoms with van der Waals surface area (Å²) in [6.45, 7) is 3.83. The summed E-state index contributed by atoms with van der Waals surface area (Å²) in [5.74, 6) is 1.33. The summed E-state index contributed by atoms with van der Waals surface area (Å²) in [5, 5.41) is 6.04. The van der Waals surface area contributed by atoms with Crippen molar-refractivity contribution < 1.29 is 14.3 Å². The number of amides is 1. The lowest BCUT2D eigenvalue weighted by molar-refractivity contribution is 0.102. The van der Waals surface area contributed by atoms with Gasteiger partial charge in [-0.1, -0.05) is 6.07 Å². The maximum atomic E-state index is 12.6. The molecule has 0 aliphatic rings. The Morgan fingerprint density at radius 1 is 0.857 bits per heavy atom. The number of aryl methyl sites for hydroxylation is 2. The predicted octanol–water partition coefficient (Wildman–Crippen LogP) is 4.11. The van der Waals surface area contributed by atoms with Gasteiger partial charge in [-0.2, -0.15) is 0 Å². The molecule has 0 atom stereocenters. The molecule has 0 unspecified atom stereocenters. The molecule has 0 aliphatic heterocycles. The van der Waals surface area contributed by atoms with E-state index in [-0.39, 0.29) is 5.91 Å². The van der Waals surface area contributed by atoms with Crippen molar-refractivity contribution in [3.8, 4) is 11.5 Å². The number of methoxy groups -OCH3 is 2. The van der Waals surface area contributed by atoms with Crippen molar-refractivity contribution in [3.63, 3.8) is 0 Å². The fourth-order valence-electron chi connectivity index (χ4n) is 2.77. The summed E-state index contributed by atoms with van der Waals surface area (Å²) < 4.78 is 10.5. The molecule has 28 heavy (non-hydrogen) atoms. The van der Waals surface area contributed by atoms with Crippen molar-refractivity contribution in [1.82, 2.24) is 9.97 Å². The highest BCUT2D eigenvalue weighted by atomic mass is 16.5. The quantitative estimate of drug-likeness (QED) is 0.671. The van der Waals surface area contributed by atoms with Gasteiger partial charge in [-0.15, -0.1) is 0 Å². The van der Waals surface area contributed by atoms with Gasteiger partial charge < -0.3 is 20.1 Å². The predicted molar refractivity (Wildman–Crippen MR) is 109 cm³/mol. The summed E-state index contributed by atoms with van der Waals surface area (Å²) in [5.41, 5.74) is 3.65. The van der Waals surface area contributed by atoms with Crippen LogP contribution in [0.2, 0.25) is 0 Å². The van der Waals surface area contributed by atoms with Crippen molar-refractivity contribution in [1.29, 1.82) is 0 Å². The molecule has 3 aromatic rings. The van der Waals surface area contributed by atoms with Crippen molar-refractivity contribution in [3.05, 3.63) is 65.5 Å². The van der Waals surface area contributed by atoms with Crippen LogP contribution in [0.3, 0.4) is 0 Å². The third-order valence-corrected chi connectivity index (χ3v) is 4.00. The number of hydrogen-bond donors (Lipinski definition) is 2. The molecule has 0 fully saturated rings. The number of nitrogens with zero attached hydrogens (tertiary/aromatic N) is 2. The molecule has 3 rings (SSSR count). The van der Waals surface area contributed by atoms with Gasteiger partial charge in [0.25, 0.3) is 5.91 Å². The second kappa shape index (κ2) is 8.39. The molecular formula is C21H22N4O3. The highest BCUT2D eigenvalue weighted by Crippen LogP contribution is 2.28. The Labute approximate surface area is 163 Å². The molecule has 1 heterocycles. The summed E-state index contributed by atoms with van der Waals surface area (Å²) >= 11 is 0. The van der Waals surface area contributed by atoms with Crippen molar-refractivity contribution in [2.24, 2.45) is 0 Å². The van der Waals surface area contributed by atoms with Crippen LogP contribution in [0.4, 0.5) is 17.3 Å². The lowest BCUT2D eigenvalue weighted by atomic mass is 10.1. The lowest BCUT2D eigenvalue weighted by Gasteiger charge is -2.11. The van der Waals surface area contributed by atoms with Crippen molar-refractivity contribution in [2.45, 2.75) is 13.8 Å². The summed E-state index contributed by atoms with van der Waals surface area (Å²) in [6.07, 6.45) is 0. The van der Waals surface area contributed by atoms with Gasteiger partial charge in [0.1, 0.15) is 0 Å². The van der Waals surface area contributed by atoms with Crippen molar-refractivity contribution >= 4 is 23.2 Å². The molecule has 144 valence electrons. The molecule has 0 spiro atoms. The van der Waals surface area contributed by atoms with Crippen LogP contribution in [0.1, 0.15) is 21.7 Å². The minimum atomic E-state index is -0.249. The minimum Gasteiger partial charge on any atom is -0.493 e. The number of ether oxygens (including phenoxy) is 2. The number of carbonyl (C=O) groups is 1. The Hall–Kier alpha value is -3.61. The fourth-order valence-corrected chi connectivity index (χ4v) is 2.77. The second-order valence-corrected chi connectivity index (χ2v) is 6.20. The first-order chi connectivity index (χ1) is 13.5. The van der Waals surface area contributed by atoms with E-state index in [2.05, 4.69) is 20.6 Å². The zero-order chi connectivity index (χ0) is 20.1. The highest BCUT2D eigenvalue weighted by molar-refractivity contribution is 6.04. The Bertz CT molecular complexity index is 984. The normalized spacial score (nSPS) is 10.3. The van der Waals surface area contributed by atoms with Gasteiger partial charge in [0, 0.05) is 28.3 Å². The minimum absolute atomic E-state index is 0.249. The van der Waals surface area contributed by atoms with Crippen LogP contribution < -0.4 is 20.1 Å². The molecule has 0 saturated carbocycles. The maximum Gasteiger partial charge on any atom is 0.255 e. The zero-order valence-electron chi connectivity index (χ0n) is 16.2. The molecule has 0 bridgehead atoms. The number of rotatable bonds is 6. The van der Waals surface area contributed by atoms with Gasteiger partial charge in [-0.05, 0) is 56.3 Å². The number of anilines is 3. The number of hydrogen-bond acceptors (Lipinski definition) is 6. The van der Waals surface area contributed by atoms with Crippen molar-refractivity contribution in [2.75, 3.05) is 24.9 Å². The summed E-state index contributed by atoms with van der Waals surface area (Å²) in [4.78, 5) is 21.3. The van der Waals surface area contributed by atoms with Gasteiger partial charge in [0.15, 0.2) is 11.5 Å². The van der Waals surface area contributed by atoms with Crippen LogP contribution in [-0.2, 0) is 0 Å². The van der Waals surface area contributed by atoms with E-state index < -0.39 is 0 Å². The third kappa shape index (κ3) is 4.56. The van der Waals surface area contributed by atoms with Gasteiger partial charge in [-0.3, -0.25) is 4.79 Å². The SMILES string of the molecule is COc1ccc(C(=O)Nc2cccc(Nc3nc(C)cc(C)n3)c2)cc1OC. The van der Waals surface area contributed by atoms with E-state index in [0.29, 0.717) is 28.7 Å². The van der Waals surface area contributed by atoms with Gasteiger partial charge in [0.2, 0.25) is 5.95 Å². The van der Waals surface area contributed by atoms with E-state index in [1.165, 1.54) is 7.11 Å². The molecule has 7 nitrogen and oxygen atoms in total. The molecule has 1 aromatic heterocycles. The number of nitrogens with one attached hydrogen (secondary N) is 2. The van der Waals surface area contributed by atoms with Crippen LogP contribution in [0, 0.1) is 13.8 Å². The van der Waals surface area contributed by atoms with E-state index in [4.69, 9.17) is 9.47 Å². The number of aromatic nitrogens is 2. The van der Waals surface area contributed by atoms with Crippen LogP contribution >= 0.6 is 0 Å². The molecule has 2 N–H and O–H groups in total. The largest absolute Gasteiger partial charge is 0.493 e. The first-order valence-electron chi connectivity index (χ1n) is 8.71. The Morgan fingerprint density at radius 2 is 1.54 bits per heavy atom. The number of carbonyl (C=O) groups excluding carboxylic acids is 1. The maximum absolute atomic E-state index is 12.6. The molecular weight excluding hydrogens is 356 g/mol. The zero-order valence-corrected chi connectivity index (χ0v) is 16.2. The monoisotopic (exact) mass is 378 g/mol. The molecule has 1 amide bonds. The smallest absolute Gasteiger partial charge is 0.255 e. The van der Waals surface area contributed by atoms with Gasteiger partial charge in [-0.25, -0.2) is 9.97 Å². The molecule has 0 radical (unpaired) electrons. The summed E-state index contributed by atoms with van der Waals surface area (Å²) in [6, 6.07) is 14.3. The standard InChI is InChI=1S/C21H22N4O3/c1-13-10-14(2)23-21(22-13)25-17-7-5-6-16(12-17)24-20(26)15-8-9-18(27-3)19(11-15)28-4/h5-12H,1-4H3,(H,24,26)(H,22,23,25). The average Bonchev–Trinajstić information content (AvgIpc) is 2.66. The topological polar surface area (TPSA) is 85.4 Å². The van der Waals surface area contributed by atoms with Crippen LogP contribution in [-0.4, -0.2) is 30.1 Å². The Kier molecular flexibility index (Phi) is 5.74. The third-order valence-electron chi connectivity index (χ3n) is 4.00. The van der Waals surface area contributed by atoms with E-state index in [1.807, 2.05) is 44.2 Å².